The molecule has 1 heterocycles. The van der Waals surface area contributed by atoms with Gasteiger partial charge in [0.15, 0.2) is 0 Å². The highest BCUT2D eigenvalue weighted by Gasteiger charge is 2.12. The van der Waals surface area contributed by atoms with Crippen LogP contribution in [0.5, 0.6) is 0 Å². The van der Waals surface area contributed by atoms with Crippen molar-refractivity contribution in [3.8, 4) is 0 Å². The molecule has 0 saturated heterocycles. The molecule has 0 aliphatic heterocycles. The Morgan fingerprint density at radius 3 is 2.47 bits per heavy atom. The fourth-order valence-corrected chi connectivity index (χ4v) is 2.32. The van der Waals surface area contributed by atoms with Crippen LogP contribution in [0.2, 0.25) is 0 Å². The molecule has 0 spiro atoms. The van der Waals surface area contributed by atoms with Crippen molar-refractivity contribution in [2.75, 3.05) is 0 Å². The van der Waals surface area contributed by atoms with Crippen LogP contribution in [0.1, 0.15) is 38.3 Å². The quantitative estimate of drug-likeness (QED) is 0.787. The van der Waals surface area contributed by atoms with Gasteiger partial charge in [-0.1, -0.05) is 51.1 Å². The molecule has 0 amide bonds. The average Bonchev–Trinajstić information content (AvgIpc) is 2.76. The van der Waals surface area contributed by atoms with Crippen molar-refractivity contribution < 1.29 is 0 Å². The van der Waals surface area contributed by atoms with E-state index in [2.05, 4.69) is 67.1 Å². The average molecular weight is 256 g/mol. The van der Waals surface area contributed by atoms with Gasteiger partial charge >= 0.3 is 0 Å². The molecule has 1 aromatic carbocycles. The zero-order valence-electron chi connectivity index (χ0n) is 12.3. The molecule has 2 heteroatoms. The Hall–Kier alpha value is -1.57. The minimum atomic E-state index is 0.331. The van der Waals surface area contributed by atoms with Crippen molar-refractivity contribution in [3.05, 3.63) is 53.9 Å². The fraction of sp³-hybridized carbons (Fsp3) is 0.471. The third-order valence-electron chi connectivity index (χ3n) is 3.12. The second-order valence-electron chi connectivity index (χ2n) is 6.44. The molecule has 0 bridgehead atoms. The molecule has 0 N–H and O–H groups in total. The summed E-state index contributed by atoms with van der Waals surface area (Å²) in [6.07, 6.45) is 7.55. The number of hydrogen-bond donors (Lipinski definition) is 0. The second kappa shape index (κ2) is 6.05. The van der Waals surface area contributed by atoms with E-state index in [1.165, 1.54) is 11.1 Å². The minimum absolute atomic E-state index is 0.331. The second-order valence-corrected chi connectivity index (χ2v) is 6.44. The predicted octanol–water partition coefficient (Wildman–Crippen LogP) is 4.10. The molecule has 2 rings (SSSR count). The topological polar surface area (TPSA) is 17.8 Å². The van der Waals surface area contributed by atoms with Crippen LogP contribution >= 0.6 is 0 Å². The van der Waals surface area contributed by atoms with E-state index in [0.717, 1.165) is 25.8 Å². The summed E-state index contributed by atoms with van der Waals surface area (Å²) in [5.41, 5.74) is 3.08. The Morgan fingerprint density at radius 1 is 1.05 bits per heavy atom. The van der Waals surface area contributed by atoms with E-state index in [4.69, 9.17) is 0 Å². The third kappa shape index (κ3) is 4.90. The summed E-state index contributed by atoms with van der Waals surface area (Å²) < 4.78 is 2.07. The van der Waals surface area contributed by atoms with Crippen molar-refractivity contribution in [1.82, 2.24) is 9.78 Å². The zero-order valence-corrected chi connectivity index (χ0v) is 12.3. The van der Waals surface area contributed by atoms with E-state index in [0.29, 0.717) is 5.41 Å². The Balaban J connectivity index is 1.81. The first-order chi connectivity index (χ1) is 9.03. The number of benzene rings is 1. The lowest BCUT2D eigenvalue weighted by molar-refractivity contribution is 0.411. The van der Waals surface area contributed by atoms with Gasteiger partial charge in [0.2, 0.25) is 0 Å². The number of hydrogen-bond acceptors (Lipinski definition) is 1. The predicted molar refractivity (Wildman–Crippen MR) is 80.1 cm³/mol. The van der Waals surface area contributed by atoms with Gasteiger partial charge in [-0.25, -0.2) is 0 Å². The van der Waals surface area contributed by atoms with E-state index < -0.39 is 0 Å². The molecule has 2 aromatic rings. The van der Waals surface area contributed by atoms with Crippen molar-refractivity contribution in [2.45, 2.75) is 46.6 Å². The standard InChI is InChI=1S/C17H24N2/c1-17(2,3)12-16-13-18-19(14-16)11-7-10-15-8-5-4-6-9-15/h4-6,8-9,13-14H,7,10-12H2,1-3H3. The number of aryl methyl sites for hydroxylation is 2. The van der Waals surface area contributed by atoms with Gasteiger partial charge in [0, 0.05) is 12.7 Å². The summed E-state index contributed by atoms with van der Waals surface area (Å²) >= 11 is 0. The lowest BCUT2D eigenvalue weighted by Gasteiger charge is -2.16. The van der Waals surface area contributed by atoms with Crippen molar-refractivity contribution in [2.24, 2.45) is 5.41 Å². The van der Waals surface area contributed by atoms with E-state index in [1.54, 1.807) is 0 Å². The van der Waals surface area contributed by atoms with Gasteiger partial charge in [-0.3, -0.25) is 4.68 Å². The molecule has 0 fully saturated rings. The number of nitrogens with zero attached hydrogens (tertiary/aromatic N) is 2. The van der Waals surface area contributed by atoms with Gasteiger partial charge in [0.05, 0.1) is 6.20 Å². The molecule has 0 aliphatic rings. The monoisotopic (exact) mass is 256 g/mol. The first-order valence-electron chi connectivity index (χ1n) is 7.08. The molecule has 2 nitrogen and oxygen atoms in total. The highest BCUT2D eigenvalue weighted by atomic mass is 15.3. The molecule has 19 heavy (non-hydrogen) atoms. The van der Waals surface area contributed by atoms with E-state index in [1.807, 2.05) is 6.20 Å². The summed E-state index contributed by atoms with van der Waals surface area (Å²) in [4.78, 5) is 0. The Morgan fingerprint density at radius 2 is 1.79 bits per heavy atom. The maximum absolute atomic E-state index is 4.45. The number of rotatable bonds is 5. The largest absolute Gasteiger partial charge is 0.272 e. The van der Waals surface area contributed by atoms with Gasteiger partial charge in [-0.2, -0.15) is 5.10 Å². The SMILES string of the molecule is CC(C)(C)Cc1cnn(CCCc2ccccc2)c1. The first-order valence-corrected chi connectivity index (χ1v) is 7.08. The van der Waals surface area contributed by atoms with Crippen LogP contribution in [-0.2, 0) is 19.4 Å². The summed E-state index contributed by atoms with van der Waals surface area (Å²) in [7, 11) is 0. The van der Waals surface area contributed by atoms with Crippen LogP contribution in [0.4, 0.5) is 0 Å². The smallest absolute Gasteiger partial charge is 0.0521 e. The summed E-state index contributed by atoms with van der Waals surface area (Å²) in [6.45, 7) is 7.79. The highest BCUT2D eigenvalue weighted by Crippen LogP contribution is 2.19. The maximum atomic E-state index is 4.45. The van der Waals surface area contributed by atoms with Crippen molar-refractivity contribution >= 4 is 0 Å². The van der Waals surface area contributed by atoms with Crippen LogP contribution in [-0.4, -0.2) is 9.78 Å². The van der Waals surface area contributed by atoms with E-state index in [9.17, 15) is 0 Å². The first kappa shape index (κ1) is 13.9. The van der Waals surface area contributed by atoms with Crippen LogP contribution in [0.15, 0.2) is 42.7 Å². The summed E-state index contributed by atoms with van der Waals surface area (Å²) in [5, 5.41) is 4.45. The molecule has 0 aliphatic carbocycles. The third-order valence-corrected chi connectivity index (χ3v) is 3.12. The van der Waals surface area contributed by atoms with Crippen LogP contribution in [0.3, 0.4) is 0 Å². The summed E-state index contributed by atoms with van der Waals surface area (Å²) in [6, 6.07) is 10.6. The van der Waals surface area contributed by atoms with Gasteiger partial charge < -0.3 is 0 Å². The molecule has 0 atom stereocenters. The lowest BCUT2D eigenvalue weighted by atomic mass is 9.89. The van der Waals surface area contributed by atoms with Gasteiger partial charge in [0.1, 0.15) is 0 Å². The Kier molecular flexibility index (Phi) is 4.41. The van der Waals surface area contributed by atoms with Crippen LogP contribution in [0.25, 0.3) is 0 Å². The van der Waals surface area contributed by atoms with Gasteiger partial charge in [-0.05, 0) is 35.8 Å². The highest BCUT2D eigenvalue weighted by molar-refractivity contribution is 5.14. The van der Waals surface area contributed by atoms with Gasteiger partial charge in [0.25, 0.3) is 0 Å². The van der Waals surface area contributed by atoms with Crippen LogP contribution in [0, 0.1) is 5.41 Å². The molecular weight excluding hydrogens is 232 g/mol. The molecule has 0 saturated carbocycles. The Bertz CT molecular complexity index is 491. The Labute approximate surface area is 116 Å². The van der Waals surface area contributed by atoms with Crippen molar-refractivity contribution in [3.63, 3.8) is 0 Å². The molecule has 1 aromatic heterocycles. The molecule has 0 unspecified atom stereocenters. The number of aromatic nitrogens is 2. The summed E-state index contributed by atoms with van der Waals surface area (Å²) in [5.74, 6) is 0. The van der Waals surface area contributed by atoms with E-state index >= 15 is 0 Å². The van der Waals surface area contributed by atoms with Crippen LogP contribution < -0.4 is 0 Å². The van der Waals surface area contributed by atoms with E-state index in [-0.39, 0.29) is 0 Å². The zero-order chi connectivity index (χ0) is 13.7. The normalized spacial score (nSPS) is 11.7. The molecule has 102 valence electrons. The fourth-order valence-electron chi connectivity index (χ4n) is 2.32. The van der Waals surface area contributed by atoms with Gasteiger partial charge in [-0.15, -0.1) is 0 Å². The lowest BCUT2D eigenvalue weighted by Crippen LogP contribution is -2.08. The molecule has 0 radical (unpaired) electrons. The maximum Gasteiger partial charge on any atom is 0.0521 e. The minimum Gasteiger partial charge on any atom is -0.272 e. The molecular formula is C17H24N2. The van der Waals surface area contributed by atoms with Crippen molar-refractivity contribution in [1.29, 1.82) is 0 Å².